The van der Waals surface area contributed by atoms with E-state index in [9.17, 15) is 5.11 Å². The molecule has 3 heteroatoms. The molecule has 3 nitrogen and oxygen atoms in total. The highest BCUT2D eigenvalue weighted by atomic mass is 16.7. The van der Waals surface area contributed by atoms with Crippen LogP contribution >= 0.6 is 0 Å². The minimum atomic E-state index is -0.757. The molecule has 0 aromatic rings. The Morgan fingerprint density at radius 3 is 1.47 bits per heavy atom. The van der Waals surface area contributed by atoms with Crippen molar-refractivity contribution < 1.29 is 14.6 Å². The van der Waals surface area contributed by atoms with Crippen molar-refractivity contribution in [1.29, 1.82) is 0 Å². The van der Waals surface area contributed by atoms with Crippen LogP contribution in [0.4, 0.5) is 0 Å². The van der Waals surface area contributed by atoms with Crippen LogP contribution in [-0.2, 0) is 9.47 Å². The van der Waals surface area contributed by atoms with Gasteiger partial charge in [0, 0.05) is 19.6 Å². The molecule has 0 aliphatic rings. The van der Waals surface area contributed by atoms with Crippen LogP contribution in [0.15, 0.2) is 0 Å². The molecule has 0 aromatic carbocycles. The van der Waals surface area contributed by atoms with Gasteiger partial charge in [0.05, 0.1) is 5.60 Å². The molecule has 1 N–H and O–H groups in total. The summed E-state index contributed by atoms with van der Waals surface area (Å²) in [6.45, 7) is 17.7. The zero-order chi connectivity index (χ0) is 15.3. The Kier molecular flexibility index (Phi) is 7.01. The van der Waals surface area contributed by atoms with E-state index in [-0.39, 0.29) is 17.1 Å². The van der Waals surface area contributed by atoms with E-state index in [1.807, 2.05) is 13.8 Å². The lowest BCUT2D eigenvalue weighted by atomic mass is 9.60. The topological polar surface area (TPSA) is 38.7 Å². The molecule has 19 heavy (non-hydrogen) atoms. The van der Waals surface area contributed by atoms with Crippen molar-refractivity contribution in [2.45, 2.75) is 80.1 Å². The Morgan fingerprint density at radius 1 is 0.842 bits per heavy atom. The first kappa shape index (κ1) is 18.9. The molecule has 0 radical (unpaired) electrons. The maximum absolute atomic E-state index is 11.2. The summed E-state index contributed by atoms with van der Waals surface area (Å²) in [5.41, 5.74) is -1.13. The highest BCUT2D eigenvalue weighted by Crippen LogP contribution is 2.47. The second-order valence-corrected chi connectivity index (χ2v) is 7.24. The van der Waals surface area contributed by atoms with Crippen LogP contribution in [0.2, 0.25) is 0 Å². The lowest BCUT2D eigenvalue weighted by molar-refractivity contribution is -0.178. The van der Waals surface area contributed by atoms with Gasteiger partial charge in [-0.15, -0.1) is 0 Å². The van der Waals surface area contributed by atoms with Crippen molar-refractivity contribution in [3.63, 3.8) is 0 Å². The van der Waals surface area contributed by atoms with Crippen LogP contribution in [0.3, 0.4) is 0 Å². The fourth-order valence-corrected chi connectivity index (χ4v) is 2.79. The first-order valence-corrected chi connectivity index (χ1v) is 7.45. The van der Waals surface area contributed by atoms with E-state index in [0.29, 0.717) is 26.1 Å². The first-order valence-electron chi connectivity index (χ1n) is 7.45. The molecular weight excluding hydrogens is 240 g/mol. The molecular formula is C16H34O3. The monoisotopic (exact) mass is 274 g/mol. The van der Waals surface area contributed by atoms with Gasteiger partial charge in [-0.05, 0) is 31.1 Å². The van der Waals surface area contributed by atoms with Crippen LogP contribution in [0.1, 0.15) is 68.2 Å². The molecule has 0 heterocycles. The van der Waals surface area contributed by atoms with Crippen molar-refractivity contribution in [2.75, 3.05) is 13.2 Å². The minimum Gasteiger partial charge on any atom is -0.389 e. The van der Waals surface area contributed by atoms with Gasteiger partial charge in [0.1, 0.15) is 0 Å². The number of hydrogen-bond donors (Lipinski definition) is 1. The Balaban J connectivity index is 4.86. The van der Waals surface area contributed by atoms with Crippen LogP contribution in [0.5, 0.6) is 0 Å². The lowest BCUT2D eigenvalue weighted by Gasteiger charge is -2.50. The van der Waals surface area contributed by atoms with Gasteiger partial charge >= 0.3 is 0 Å². The smallest absolute Gasteiger partial charge is 0.157 e. The molecule has 0 rings (SSSR count). The van der Waals surface area contributed by atoms with Crippen LogP contribution in [0.25, 0.3) is 0 Å². The van der Waals surface area contributed by atoms with E-state index in [0.717, 1.165) is 0 Å². The maximum Gasteiger partial charge on any atom is 0.157 e. The van der Waals surface area contributed by atoms with Gasteiger partial charge in [-0.1, -0.05) is 41.5 Å². The second-order valence-electron chi connectivity index (χ2n) is 7.24. The SMILES string of the molecule is CCOC(CCC(O)(C(C)(C)C)C(C)(C)C)OCC. The fourth-order valence-electron chi connectivity index (χ4n) is 2.79. The van der Waals surface area contributed by atoms with E-state index >= 15 is 0 Å². The third-order valence-corrected chi connectivity index (χ3v) is 3.93. The fraction of sp³-hybridized carbons (Fsp3) is 1.00. The standard InChI is InChI=1S/C16H34O3/c1-9-18-13(19-10-2)11-12-16(17,14(3,4)5)15(6,7)8/h13,17H,9-12H2,1-8H3. The maximum atomic E-state index is 11.2. The zero-order valence-corrected chi connectivity index (χ0v) is 14.2. The zero-order valence-electron chi connectivity index (χ0n) is 14.2. The highest BCUT2D eigenvalue weighted by Gasteiger charge is 2.48. The molecule has 0 fully saturated rings. The molecule has 0 aliphatic carbocycles. The Hall–Kier alpha value is -0.120. The number of ether oxygens (including phenoxy) is 2. The lowest BCUT2D eigenvalue weighted by Crippen LogP contribution is -2.53. The molecule has 0 aromatic heterocycles. The number of rotatable bonds is 7. The quantitative estimate of drug-likeness (QED) is 0.713. The van der Waals surface area contributed by atoms with Gasteiger partial charge in [-0.25, -0.2) is 0 Å². The highest BCUT2D eigenvalue weighted by molar-refractivity contribution is 4.99. The van der Waals surface area contributed by atoms with E-state index in [1.165, 1.54) is 0 Å². The third-order valence-electron chi connectivity index (χ3n) is 3.93. The van der Waals surface area contributed by atoms with Gasteiger partial charge in [-0.2, -0.15) is 0 Å². The molecule has 0 saturated heterocycles. The van der Waals surface area contributed by atoms with Crippen molar-refractivity contribution in [3.8, 4) is 0 Å². The van der Waals surface area contributed by atoms with Gasteiger partial charge in [0.15, 0.2) is 6.29 Å². The van der Waals surface area contributed by atoms with Crippen LogP contribution in [0, 0.1) is 10.8 Å². The Labute approximate surface area is 119 Å². The summed E-state index contributed by atoms with van der Waals surface area (Å²) < 4.78 is 11.1. The summed E-state index contributed by atoms with van der Waals surface area (Å²) in [6, 6.07) is 0. The average Bonchev–Trinajstić information content (AvgIpc) is 2.22. The summed E-state index contributed by atoms with van der Waals surface area (Å²) >= 11 is 0. The predicted molar refractivity (Wildman–Crippen MR) is 80.1 cm³/mol. The first-order chi connectivity index (χ1) is 8.49. The van der Waals surface area contributed by atoms with Gasteiger partial charge in [0.2, 0.25) is 0 Å². The van der Waals surface area contributed by atoms with E-state index in [1.54, 1.807) is 0 Å². The van der Waals surface area contributed by atoms with Crippen molar-refractivity contribution in [1.82, 2.24) is 0 Å². The Morgan fingerprint density at radius 2 is 1.21 bits per heavy atom. The van der Waals surface area contributed by atoms with E-state index in [2.05, 4.69) is 41.5 Å². The number of hydrogen-bond acceptors (Lipinski definition) is 3. The summed E-state index contributed by atoms with van der Waals surface area (Å²) in [5, 5.41) is 11.2. The molecule has 116 valence electrons. The molecule has 0 unspecified atom stereocenters. The molecule has 0 spiro atoms. The summed E-state index contributed by atoms with van der Waals surface area (Å²) in [5.74, 6) is 0. The van der Waals surface area contributed by atoms with E-state index < -0.39 is 5.60 Å². The van der Waals surface area contributed by atoms with Gasteiger partial charge in [-0.3, -0.25) is 0 Å². The predicted octanol–water partition coefficient (Wildman–Crippen LogP) is 3.99. The Bertz CT molecular complexity index is 228. The molecule has 0 aliphatic heterocycles. The summed E-state index contributed by atoms with van der Waals surface area (Å²) in [6.07, 6.45) is 1.17. The average molecular weight is 274 g/mol. The van der Waals surface area contributed by atoms with Crippen molar-refractivity contribution in [3.05, 3.63) is 0 Å². The largest absolute Gasteiger partial charge is 0.389 e. The summed E-state index contributed by atoms with van der Waals surface area (Å²) in [7, 11) is 0. The molecule has 0 saturated carbocycles. The molecule has 0 amide bonds. The second kappa shape index (κ2) is 7.05. The molecule has 0 atom stereocenters. The minimum absolute atomic E-state index is 0.186. The van der Waals surface area contributed by atoms with Crippen LogP contribution in [-0.4, -0.2) is 30.2 Å². The van der Waals surface area contributed by atoms with Crippen LogP contribution < -0.4 is 0 Å². The van der Waals surface area contributed by atoms with Crippen molar-refractivity contribution in [2.24, 2.45) is 10.8 Å². The van der Waals surface area contributed by atoms with Gasteiger partial charge in [0.25, 0.3) is 0 Å². The van der Waals surface area contributed by atoms with E-state index in [4.69, 9.17) is 9.47 Å². The van der Waals surface area contributed by atoms with Gasteiger partial charge < -0.3 is 14.6 Å². The normalized spacial score (nSPS) is 14.2. The van der Waals surface area contributed by atoms with Crippen molar-refractivity contribution >= 4 is 0 Å². The third kappa shape index (κ3) is 5.05. The summed E-state index contributed by atoms with van der Waals surface area (Å²) in [4.78, 5) is 0. The number of aliphatic hydroxyl groups is 1. The molecule has 0 bridgehead atoms.